The maximum absolute atomic E-state index is 13.3. The molecule has 1 spiro atoms. The van der Waals surface area contributed by atoms with E-state index in [1.807, 2.05) is 0 Å². The van der Waals surface area contributed by atoms with E-state index in [1.54, 1.807) is 6.07 Å². The highest BCUT2D eigenvalue weighted by Gasteiger charge is 2.74. The molecule has 2 saturated carbocycles. The fourth-order valence-electron chi connectivity index (χ4n) is 7.71. The van der Waals surface area contributed by atoms with Crippen LogP contribution in [0.3, 0.4) is 0 Å². The Bertz CT molecular complexity index is 1130. The predicted octanol–water partition coefficient (Wildman–Crippen LogP) is 4.18. The Balaban J connectivity index is 1.28. The van der Waals surface area contributed by atoms with E-state index in [-0.39, 0.29) is 17.6 Å². The number of hydrogen-bond donors (Lipinski definition) is 1. The number of phenols is 1. The molecule has 1 saturated heterocycles. The zero-order valence-corrected chi connectivity index (χ0v) is 19.7. The van der Waals surface area contributed by atoms with E-state index in [2.05, 4.69) is 41.3 Å². The van der Waals surface area contributed by atoms with Gasteiger partial charge in [0.2, 0.25) is 0 Å². The molecular formula is C29H33NO4. The molecule has 2 heterocycles. The number of rotatable bonds is 7. The van der Waals surface area contributed by atoms with Gasteiger partial charge in [-0.15, -0.1) is 0 Å². The van der Waals surface area contributed by atoms with Crippen LogP contribution >= 0.6 is 0 Å². The van der Waals surface area contributed by atoms with E-state index in [0.717, 1.165) is 56.7 Å². The Hall–Kier alpha value is -2.37. The summed E-state index contributed by atoms with van der Waals surface area (Å²) < 4.78 is 13.4. The number of likely N-dealkylation sites (tertiary alicyclic amines) is 1. The second kappa shape index (κ2) is 7.56. The summed E-state index contributed by atoms with van der Waals surface area (Å²) in [6, 6.07) is 14.7. The van der Waals surface area contributed by atoms with Crippen LogP contribution in [0, 0.1) is 5.92 Å². The molecule has 178 valence electrons. The fraction of sp³-hybridized carbons (Fsp3) is 0.552. The number of phenolic OH excluding ortho intramolecular Hbond substituents is 1. The van der Waals surface area contributed by atoms with Crippen LogP contribution in [-0.4, -0.2) is 53.2 Å². The number of carbonyl (C=O) groups is 1. The fourth-order valence-corrected chi connectivity index (χ4v) is 7.71. The molecule has 1 N–H and O–H groups in total. The number of aromatic hydroxyl groups is 1. The molecule has 34 heavy (non-hydrogen) atoms. The lowest BCUT2D eigenvalue weighted by molar-refractivity contribution is -0.213. The van der Waals surface area contributed by atoms with Gasteiger partial charge in [0.05, 0.1) is 11.0 Å². The standard InChI is InChI=1S/C29H33NO4/c31-22-11-10-21-17-24-29(33-16-4-7-19-5-2-1-3-6-19)13-12-23(32)27-28(29,25(21)26(22)34-27)14-15-30(24)18-20-8-9-20/h1-3,5-6,10-11,20,24,27,31H,4,7-9,12-18H2/t24?,27-,28-,29?/m0/s1. The second-order valence-electron chi connectivity index (χ2n) is 11.1. The predicted molar refractivity (Wildman–Crippen MR) is 128 cm³/mol. The third-order valence-electron chi connectivity index (χ3n) is 9.33. The first-order chi connectivity index (χ1) is 16.6. The van der Waals surface area contributed by atoms with Crippen LogP contribution in [0.5, 0.6) is 11.5 Å². The Morgan fingerprint density at radius 1 is 1.12 bits per heavy atom. The molecule has 5 heteroatoms. The minimum absolute atomic E-state index is 0.159. The highest BCUT2D eigenvalue weighted by atomic mass is 16.5. The highest BCUT2D eigenvalue weighted by molar-refractivity contribution is 5.90. The summed E-state index contributed by atoms with van der Waals surface area (Å²) in [5, 5.41) is 10.7. The van der Waals surface area contributed by atoms with Crippen LogP contribution in [0.25, 0.3) is 0 Å². The van der Waals surface area contributed by atoms with Gasteiger partial charge in [-0.3, -0.25) is 9.69 Å². The van der Waals surface area contributed by atoms with Crippen LogP contribution in [-0.2, 0) is 27.8 Å². The molecule has 3 aliphatic carbocycles. The average Bonchev–Trinajstić information content (AvgIpc) is 3.59. The van der Waals surface area contributed by atoms with Crippen LogP contribution in [0.4, 0.5) is 0 Å². The molecule has 0 aromatic heterocycles. The Morgan fingerprint density at radius 3 is 2.79 bits per heavy atom. The zero-order valence-electron chi connectivity index (χ0n) is 19.7. The Kier molecular flexibility index (Phi) is 4.66. The molecule has 5 nitrogen and oxygen atoms in total. The van der Waals surface area contributed by atoms with Gasteiger partial charge in [0, 0.05) is 31.2 Å². The normalized spacial score (nSPS) is 33.5. The first-order valence-electron chi connectivity index (χ1n) is 13.1. The number of ether oxygens (including phenoxy) is 2. The summed E-state index contributed by atoms with van der Waals surface area (Å²) in [6.45, 7) is 2.78. The van der Waals surface area contributed by atoms with E-state index in [0.29, 0.717) is 18.8 Å². The van der Waals surface area contributed by atoms with Crippen molar-refractivity contribution >= 4 is 5.78 Å². The van der Waals surface area contributed by atoms with Crippen molar-refractivity contribution in [1.82, 2.24) is 4.90 Å². The Morgan fingerprint density at radius 2 is 1.97 bits per heavy atom. The van der Waals surface area contributed by atoms with Gasteiger partial charge in [-0.25, -0.2) is 0 Å². The van der Waals surface area contributed by atoms with Crippen molar-refractivity contribution in [1.29, 1.82) is 0 Å². The number of hydrogen-bond acceptors (Lipinski definition) is 5. The Labute approximate surface area is 201 Å². The first-order valence-corrected chi connectivity index (χ1v) is 13.1. The van der Waals surface area contributed by atoms with E-state index >= 15 is 0 Å². The molecule has 2 aliphatic heterocycles. The van der Waals surface area contributed by atoms with Gasteiger partial charge in [-0.2, -0.15) is 0 Å². The number of Topliss-reactive ketones (excluding diaryl/α,β-unsaturated/α-hetero) is 1. The van der Waals surface area contributed by atoms with E-state index < -0.39 is 17.1 Å². The quantitative estimate of drug-likeness (QED) is 0.630. The van der Waals surface area contributed by atoms with Crippen LogP contribution < -0.4 is 4.74 Å². The van der Waals surface area contributed by atoms with Gasteiger partial charge in [0.1, 0.15) is 0 Å². The van der Waals surface area contributed by atoms with Crippen LogP contribution in [0.2, 0.25) is 0 Å². The zero-order chi connectivity index (χ0) is 22.9. The third-order valence-corrected chi connectivity index (χ3v) is 9.33. The summed E-state index contributed by atoms with van der Waals surface area (Å²) in [7, 11) is 0. The molecule has 2 bridgehead atoms. The molecule has 0 radical (unpaired) electrons. The van der Waals surface area contributed by atoms with Crippen molar-refractivity contribution in [2.24, 2.45) is 5.92 Å². The van der Waals surface area contributed by atoms with Crippen molar-refractivity contribution in [2.75, 3.05) is 19.7 Å². The van der Waals surface area contributed by atoms with Crippen molar-refractivity contribution in [3.8, 4) is 11.5 Å². The smallest absolute Gasteiger partial charge is 0.174 e. The molecule has 4 atom stereocenters. The number of ketones is 1. The van der Waals surface area contributed by atoms with Crippen LogP contribution in [0.15, 0.2) is 42.5 Å². The summed E-state index contributed by atoms with van der Waals surface area (Å²) >= 11 is 0. The molecule has 3 fully saturated rings. The molecule has 2 aromatic carbocycles. The highest BCUT2D eigenvalue weighted by Crippen LogP contribution is 2.66. The number of carbonyl (C=O) groups excluding carboxylic acids is 1. The molecule has 7 rings (SSSR count). The topological polar surface area (TPSA) is 59.0 Å². The number of benzene rings is 2. The average molecular weight is 460 g/mol. The van der Waals surface area contributed by atoms with Crippen molar-refractivity contribution in [2.45, 2.75) is 74.5 Å². The van der Waals surface area contributed by atoms with Gasteiger partial charge in [0.25, 0.3) is 0 Å². The molecular weight excluding hydrogens is 426 g/mol. The van der Waals surface area contributed by atoms with Gasteiger partial charge in [0.15, 0.2) is 23.4 Å². The minimum atomic E-state index is -0.539. The van der Waals surface area contributed by atoms with Crippen molar-refractivity contribution in [3.05, 3.63) is 59.2 Å². The van der Waals surface area contributed by atoms with Gasteiger partial charge in [-0.05, 0) is 74.6 Å². The van der Waals surface area contributed by atoms with Crippen molar-refractivity contribution < 1.29 is 19.4 Å². The summed E-state index contributed by atoms with van der Waals surface area (Å²) in [5.41, 5.74) is 2.72. The van der Waals surface area contributed by atoms with E-state index in [4.69, 9.17) is 9.47 Å². The molecule has 2 aromatic rings. The largest absolute Gasteiger partial charge is 0.504 e. The number of aryl methyl sites for hydroxylation is 1. The number of nitrogens with zero attached hydrogens (tertiary/aromatic N) is 1. The maximum Gasteiger partial charge on any atom is 0.174 e. The van der Waals surface area contributed by atoms with Gasteiger partial charge in [-0.1, -0.05) is 36.4 Å². The minimum Gasteiger partial charge on any atom is -0.504 e. The first kappa shape index (κ1) is 21.0. The van der Waals surface area contributed by atoms with Crippen LogP contribution in [0.1, 0.15) is 55.2 Å². The maximum atomic E-state index is 13.3. The van der Waals surface area contributed by atoms with E-state index in [9.17, 15) is 9.90 Å². The lowest BCUT2D eigenvalue weighted by atomic mass is 9.48. The lowest BCUT2D eigenvalue weighted by Crippen LogP contribution is -2.77. The summed E-state index contributed by atoms with van der Waals surface area (Å²) in [6.07, 6.45) is 7.06. The monoisotopic (exact) mass is 459 g/mol. The third kappa shape index (κ3) is 2.83. The molecule has 5 aliphatic rings. The molecule has 2 unspecified atom stereocenters. The van der Waals surface area contributed by atoms with E-state index in [1.165, 1.54) is 24.0 Å². The SMILES string of the molecule is O=C1CCC2(OCCCc3ccccc3)C3Cc4ccc(O)c5c4[C@@]2(CCN3CC2CC2)[C@H]1O5. The molecule has 0 amide bonds. The van der Waals surface area contributed by atoms with Gasteiger partial charge >= 0.3 is 0 Å². The summed E-state index contributed by atoms with van der Waals surface area (Å²) in [5.74, 6) is 1.68. The van der Waals surface area contributed by atoms with Crippen molar-refractivity contribution in [3.63, 3.8) is 0 Å². The second-order valence-corrected chi connectivity index (χ2v) is 11.1. The number of piperidine rings is 1. The van der Waals surface area contributed by atoms with Gasteiger partial charge < -0.3 is 14.6 Å². The summed E-state index contributed by atoms with van der Waals surface area (Å²) in [4.78, 5) is 16.0. The lowest BCUT2D eigenvalue weighted by Gasteiger charge is -2.64.